The number of carbonyl (C=O) groups is 2. The Morgan fingerprint density at radius 2 is 2.00 bits per heavy atom. The molecule has 90 valence electrons. The molecule has 0 bridgehead atoms. The highest BCUT2D eigenvalue weighted by atomic mass is 32.2. The highest BCUT2D eigenvalue weighted by Crippen LogP contribution is 2.28. The third-order valence-corrected chi connectivity index (χ3v) is 3.43. The third-order valence-electron chi connectivity index (χ3n) is 2.69. The van der Waals surface area contributed by atoms with Gasteiger partial charge in [-0.25, -0.2) is 4.39 Å². The van der Waals surface area contributed by atoms with E-state index in [1.54, 1.807) is 11.8 Å². The van der Waals surface area contributed by atoms with E-state index in [1.165, 1.54) is 24.3 Å². The van der Waals surface area contributed by atoms with Crippen molar-refractivity contribution in [2.24, 2.45) is 5.92 Å². The molecule has 1 aromatic rings. The number of hydrogen-bond acceptors (Lipinski definition) is 3. The number of anilines is 1. The van der Waals surface area contributed by atoms with E-state index in [0.717, 1.165) is 4.90 Å². The quantitative estimate of drug-likeness (QED) is 0.774. The van der Waals surface area contributed by atoms with Crippen LogP contribution in [0.15, 0.2) is 24.3 Å². The molecular formula is C12H12FNO2S. The molecule has 1 saturated heterocycles. The molecule has 0 aliphatic carbocycles. The Hall–Kier alpha value is -1.36. The zero-order valence-electron chi connectivity index (χ0n) is 9.35. The molecular weight excluding hydrogens is 241 g/mol. The molecule has 0 N–H and O–H groups in total. The van der Waals surface area contributed by atoms with Gasteiger partial charge >= 0.3 is 0 Å². The topological polar surface area (TPSA) is 37.4 Å². The van der Waals surface area contributed by atoms with Crippen molar-refractivity contribution in [3.63, 3.8) is 0 Å². The van der Waals surface area contributed by atoms with Crippen LogP contribution in [0.3, 0.4) is 0 Å². The summed E-state index contributed by atoms with van der Waals surface area (Å²) in [5, 5.41) is 0. The summed E-state index contributed by atoms with van der Waals surface area (Å²) in [6.45, 7) is 0. The van der Waals surface area contributed by atoms with Gasteiger partial charge in [0.15, 0.2) is 0 Å². The van der Waals surface area contributed by atoms with Gasteiger partial charge in [-0.15, -0.1) is 0 Å². The molecule has 1 heterocycles. The van der Waals surface area contributed by atoms with Crippen molar-refractivity contribution < 1.29 is 14.0 Å². The fraction of sp³-hybridized carbons (Fsp3) is 0.333. The minimum atomic E-state index is -0.381. The number of carbonyl (C=O) groups excluding carboxylic acids is 2. The molecule has 2 rings (SSSR count). The standard InChI is InChI=1S/C12H12FNO2S/c1-17-7-8-6-11(15)14(12(8)16)10-4-2-9(13)3-5-10/h2-5,8H,6-7H2,1H3. The number of amides is 2. The van der Waals surface area contributed by atoms with Gasteiger partial charge in [0.2, 0.25) is 11.8 Å². The van der Waals surface area contributed by atoms with E-state index >= 15 is 0 Å². The van der Waals surface area contributed by atoms with Crippen LogP contribution in [-0.4, -0.2) is 23.8 Å². The number of halogens is 1. The third kappa shape index (κ3) is 2.34. The van der Waals surface area contributed by atoms with Gasteiger partial charge in [-0.2, -0.15) is 11.8 Å². The molecule has 17 heavy (non-hydrogen) atoms. The molecule has 0 spiro atoms. The summed E-state index contributed by atoms with van der Waals surface area (Å²) >= 11 is 1.54. The molecule has 5 heteroatoms. The minimum absolute atomic E-state index is 0.184. The lowest BCUT2D eigenvalue weighted by Crippen LogP contribution is -2.30. The average molecular weight is 253 g/mol. The van der Waals surface area contributed by atoms with E-state index in [0.29, 0.717) is 11.4 Å². The van der Waals surface area contributed by atoms with Crippen molar-refractivity contribution in [1.82, 2.24) is 0 Å². The molecule has 0 aromatic heterocycles. The summed E-state index contributed by atoms with van der Waals surface area (Å²) in [6.07, 6.45) is 2.15. The summed E-state index contributed by atoms with van der Waals surface area (Å²) in [5.41, 5.74) is 0.449. The largest absolute Gasteiger partial charge is 0.274 e. The highest BCUT2D eigenvalue weighted by molar-refractivity contribution is 7.98. The second kappa shape index (κ2) is 4.87. The van der Waals surface area contributed by atoms with Crippen molar-refractivity contribution in [3.8, 4) is 0 Å². The molecule has 2 amide bonds. The van der Waals surface area contributed by atoms with E-state index in [4.69, 9.17) is 0 Å². The average Bonchev–Trinajstić information content (AvgIpc) is 2.57. The number of rotatable bonds is 3. The summed E-state index contributed by atoms with van der Waals surface area (Å²) < 4.78 is 12.8. The predicted octanol–water partition coefficient (Wildman–Crippen LogP) is 2.07. The Bertz CT molecular complexity index is 446. The first-order chi connectivity index (χ1) is 8.13. The second-order valence-electron chi connectivity index (χ2n) is 3.90. The van der Waals surface area contributed by atoms with Crippen LogP contribution in [0.5, 0.6) is 0 Å². The number of nitrogens with zero attached hydrogens (tertiary/aromatic N) is 1. The lowest BCUT2D eigenvalue weighted by molar-refractivity contribution is -0.122. The van der Waals surface area contributed by atoms with Gasteiger partial charge in [-0.1, -0.05) is 0 Å². The number of imide groups is 1. The summed E-state index contributed by atoms with van der Waals surface area (Å²) in [7, 11) is 0. The van der Waals surface area contributed by atoms with Crippen LogP contribution in [0, 0.1) is 11.7 Å². The molecule has 1 fully saturated rings. The maximum Gasteiger partial charge on any atom is 0.238 e. The first kappa shape index (κ1) is 12.1. The Kier molecular flexibility index (Phi) is 3.47. The van der Waals surface area contributed by atoms with Crippen LogP contribution < -0.4 is 4.90 Å². The predicted molar refractivity (Wildman–Crippen MR) is 65.4 cm³/mol. The second-order valence-corrected chi connectivity index (χ2v) is 4.81. The molecule has 0 radical (unpaired) electrons. The first-order valence-electron chi connectivity index (χ1n) is 5.25. The van der Waals surface area contributed by atoms with Crippen molar-refractivity contribution in [1.29, 1.82) is 0 Å². The highest BCUT2D eigenvalue weighted by Gasteiger charge is 2.38. The fourth-order valence-electron chi connectivity index (χ4n) is 1.89. The first-order valence-corrected chi connectivity index (χ1v) is 6.64. The van der Waals surface area contributed by atoms with E-state index < -0.39 is 0 Å². The molecule has 1 atom stereocenters. The molecule has 3 nitrogen and oxygen atoms in total. The van der Waals surface area contributed by atoms with Crippen LogP contribution in [0.4, 0.5) is 10.1 Å². The lowest BCUT2D eigenvalue weighted by Gasteiger charge is -2.14. The minimum Gasteiger partial charge on any atom is -0.274 e. The maximum atomic E-state index is 12.8. The number of thioether (sulfide) groups is 1. The van der Waals surface area contributed by atoms with Crippen LogP contribution >= 0.6 is 11.8 Å². The summed E-state index contributed by atoms with van der Waals surface area (Å²) in [4.78, 5) is 24.9. The van der Waals surface area contributed by atoms with Gasteiger partial charge < -0.3 is 0 Å². The maximum absolute atomic E-state index is 12.8. The van der Waals surface area contributed by atoms with Crippen molar-refractivity contribution in [2.45, 2.75) is 6.42 Å². The number of hydrogen-bond donors (Lipinski definition) is 0. The van der Waals surface area contributed by atoms with Gasteiger partial charge in [0.25, 0.3) is 0 Å². The van der Waals surface area contributed by atoms with Crippen LogP contribution in [0.25, 0.3) is 0 Å². The van der Waals surface area contributed by atoms with E-state index in [2.05, 4.69) is 0 Å². The van der Waals surface area contributed by atoms with Crippen LogP contribution in [-0.2, 0) is 9.59 Å². The summed E-state index contributed by atoms with van der Waals surface area (Å²) in [6, 6.07) is 5.40. The van der Waals surface area contributed by atoms with E-state index in [9.17, 15) is 14.0 Å². The Morgan fingerprint density at radius 1 is 1.35 bits per heavy atom. The number of benzene rings is 1. The van der Waals surface area contributed by atoms with E-state index in [-0.39, 0.29) is 30.0 Å². The van der Waals surface area contributed by atoms with E-state index in [1.807, 2.05) is 6.26 Å². The van der Waals surface area contributed by atoms with Gasteiger partial charge in [0, 0.05) is 12.2 Å². The van der Waals surface area contributed by atoms with Gasteiger partial charge in [-0.3, -0.25) is 14.5 Å². The smallest absolute Gasteiger partial charge is 0.238 e. The van der Waals surface area contributed by atoms with Crippen molar-refractivity contribution >= 4 is 29.3 Å². The zero-order valence-corrected chi connectivity index (χ0v) is 10.2. The fourth-order valence-corrected chi connectivity index (χ4v) is 2.55. The molecule has 0 saturated carbocycles. The van der Waals surface area contributed by atoms with Gasteiger partial charge in [-0.05, 0) is 30.5 Å². The zero-order chi connectivity index (χ0) is 12.4. The normalized spacial score (nSPS) is 20.1. The molecule has 1 aromatic carbocycles. The Morgan fingerprint density at radius 3 is 2.59 bits per heavy atom. The molecule has 1 unspecified atom stereocenters. The Balaban J connectivity index is 2.24. The Labute approximate surface area is 103 Å². The monoisotopic (exact) mass is 253 g/mol. The van der Waals surface area contributed by atoms with Crippen LogP contribution in [0.2, 0.25) is 0 Å². The SMILES string of the molecule is CSCC1CC(=O)N(c2ccc(F)cc2)C1=O. The van der Waals surface area contributed by atoms with Gasteiger partial charge in [0.1, 0.15) is 5.82 Å². The van der Waals surface area contributed by atoms with Gasteiger partial charge in [0.05, 0.1) is 11.6 Å². The van der Waals surface area contributed by atoms with Crippen molar-refractivity contribution in [2.75, 3.05) is 16.9 Å². The molecule has 1 aliphatic heterocycles. The van der Waals surface area contributed by atoms with Crippen molar-refractivity contribution in [3.05, 3.63) is 30.1 Å². The summed E-state index contributed by atoms with van der Waals surface area (Å²) in [5.74, 6) is -0.380. The molecule has 1 aliphatic rings. The van der Waals surface area contributed by atoms with Crippen LogP contribution in [0.1, 0.15) is 6.42 Å². The lowest BCUT2D eigenvalue weighted by atomic mass is 10.1.